The molecule has 0 spiro atoms. The molecule has 2 unspecified atom stereocenters. The number of carbonyl (C=O) groups excluding carboxylic acids is 1. The van der Waals surface area contributed by atoms with Crippen molar-refractivity contribution in [2.45, 2.75) is 38.6 Å². The summed E-state index contributed by atoms with van der Waals surface area (Å²) in [4.78, 5) is 14.3. The summed E-state index contributed by atoms with van der Waals surface area (Å²) in [6, 6.07) is 0.405. The molecule has 0 bridgehead atoms. The predicted octanol–water partition coefficient (Wildman–Crippen LogP) is 2.15. The molecule has 1 amide bonds. The maximum atomic E-state index is 12.2. The molecule has 2 saturated heterocycles. The molecular formula is C13H25ClN2OS. The Labute approximate surface area is 121 Å². The molecule has 2 aliphatic rings. The predicted molar refractivity (Wildman–Crippen MR) is 80.6 cm³/mol. The van der Waals surface area contributed by atoms with Crippen LogP contribution in [0.4, 0.5) is 0 Å². The number of rotatable bonds is 2. The highest BCUT2D eigenvalue weighted by Crippen LogP contribution is 2.18. The van der Waals surface area contributed by atoms with Crippen molar-refractivity contribution in [2.75, 3.05) is 31.1 Å². The summed E-state index contributed by atoms with van der Waals surface area (Å²) in [5, 5.41) is 3.45. The van der Waals surface area contributed by atoms with E-state index in [0.717, 1.165) is 31.3 Å². The van der Waals surface area contributed by atoms with Crippen LogP contribution in [0, 0.1) is 5.92 Å². The van der Waals surface area contributed by atoms with Crippen LogP contribution in [0.2, 0.25) is 0 Å². The summed E-state index contributed by atoms with van der Waals surface area (Å²) >= 11 is 1.96. The van der Waals surface area contributed by atoms with Gasteiger partial charge >= 0.3 is 0 Å². The van der Waals surface area contributed by atoms with Gasteiger partial charge < -0.3 is 10.2 Å². The number of hydrogen-bond donors (Lipinski definition) is 1. The third-order valence-electron chi connectivity index (χ3n) is 3.79. The Morgan fingerprint density at radius 3 is 2.94 bits per heavy atom. The zero-order valence-electron chi connectivity index (χ0n) is 11.2. The third kappa shape index (κ3) is 4.98. The van der Waals surface area contributed by atoms with E-state index in [2.05, 4.69) is 17.1 Å². The van der Waals surface area contributed by atoms with Crippen molar-refractivity contribution in [3.05, 3.63) is 0 Å². The maximum absolute atomic E-state index is 12.2. The molecule has 0 radical (unpaired) electrons. The van der Waals surface area contributed by atoms with Crippen LogP contribution in [0.5, 0.6) is 0 Å². The van der Waals surface area contributed by atoms with Crippen molar-refractivity contribution in [3.63, 3.8) is 0 Å². The second-order valence-corrected chi connectivity index (χ2v) is 6.50. The Bertz CT molecular complexity index is 259. The van der Waals surface area contributed by atoms with Gasteiger partial charge in [0.05, 0.1) is 0 Å². The molecule has 2 aliphatic heterocycles. The van der Waals surface area contributed by atoms with E-state index in [0.29, 0.717) is 18.4 Å². The molecule has 2 atom stereocenters. The summed E-state index contributed by atoms with van der Waals surface area (Å²) in [6.07, 6.45) is 4.33. The summed E-state index contributed by atoms with van der Waals surface area (Å²) in [6.45, 7) is 5.30. The van der Waals surface area contributed by atoms with Crippen LogP contribution >= 0.6 is 24.2 Å². The quantitative estimate of drug-likeness (QED) is 0.846. The Balaban J connectivity index is 0.00000162. The highest BCUT2D eigenvalue weighted by molar-refractivity contribution is 7.99. The van der Waals surface area contributed by atoms with Crippen LogP contribution in [-0.4, -0.2) is 48.0 Å². The minimum absolute atomic E-state index is 0. The fourth-order valence-corrected chi connectivity index (χ4v) is 3.55. The molecule has 0 aromatic rings. The van der Waals surface area contributed by atoms with E-state index in [4.69, 9.17) is 0 Å². The Hall–Kier alpha value is 0.0700. The first-order valence-corrected chi connectivity index (χ1v) is 8.00. The standard InChI is InChI=1S/C13H24N2OS.ClH/c1-11-3-2-6-15(7-4-11)13(16)9-12-10-17-8-5-14-12;/h11-12,14H,2-10H2,1H3;1H. The van der Waals surface area contributed by atoms with Crippen molar-refractivity contribution >= 4 is 30.1 Å². The second-order valence-electron chi connectivity index (χ2n) is 5.35. The van der Waals surface area contributed by atoms with E-state index in [1.165, 1.54) is 25.0 Å². The molecule has 0 aromatic carbocycles. The van der Waals surface area contributed by atoms with Crippen molar-refractivity contribution in [1.82, 2.24) is 10.2 Å². The van der Waals surface area contributed by atoms with Crippen LogP contribution in [0.25, 0.3) is 0 Å². The second kappa shape index (κ2) is 8.28. The molecule has 2 rings (SSSR count). The van der Waals surface area contributed by atoms with E-state index < -0.39 is 0 Å². The molecule has 106 valence electrons. The zero-order valence-corrected chi connectivity index (χ0v) is 12.8. The zero-order chi connectivity index (χ0) is 12.1. The molecule has 18 heavy (non-hydrogen) atoms. The monoisotopic (exact) mass is 292 g/mol. The van der Waals surface area contributed by atoms with E-state index >= 15 is 0 Å². The van der Waals surface area contributed by atoms with Gasteiger partial charge in [-0.05, 0) is 25.2 Å². The van der Waals surface area contributed by atoms with Crippen molar-refractivity contribution in [3.8, 4) is 0 Å². The minimum Gasteiger partial charge on any atom is -0.343 e. The summed E-state index contributed by atoms with van der Waals surface area (Å²) < 4.78 is 0. The van der Waals surface area contributed by atoms with Gasteiger partial charge in [-0.3, -0.25) is 4.79 Å². The van der Waals surface area contributed by atoms with E-state index in [1.807, 2.05) is 11.8 Å². The average Bonchev–Trinajstić information content (AvgIpc) is 2.55. The molecule has 0 saturated carbocycles. The molecule has 2 heterocycles. The first kappa shape index (κ1) is 16.1. The van der Waals surface area contributed by atoms with Crippen LogP contribution in [0.1, 0.15) is 32.6 Å². The van der Waals surface area contributed by atoms with E-state index in [9.17, 15) is 4.79 Å². The first-order valence-electron chi connectivity index (χ1n) is 6.84. The number of nitrogens with one attached hydrogen (secondary N) is 1. The van der Waals surface area contributed by atoms with E-state index in [-0.39, 0.29) is 12.4 Å². The smallest absolute Gasteiger partial charge is 0.224 e. The van der Waals surface area contributed by atoms with Gasteiger partial charge in [-0.25, -0.2) is 0 Å². The van der Waals surface area contributed by atoms with Gasteiger partial charge in [-0.1, -0.05) is 6.92 Å². The van der Waals surface area contributed by atoms with Crippen LogP contribution in [-0.2, 0) is 4.79 Å². The van der Waals surface area contributed by atoms with Crippen molar-refractivity contribution < 1.29 is 4.79 Å². The number of likely N-dealkylation sites (tertiary alicyclic amines) is 1. The number of amides is 1. The molecule has 2 fully saturated rings. The lowest BCUT2D eigenvalue weighted by Gasteiger charge is -2.26. The average molecular weight is 293 g/mol. The highest BCUT2D eigenvalue weighted by Gasteiger charge is 2.22. The highest BCUT2D eigenvalue weighted by atomic mass is 35.5. The van der Waals surface area contributed by atoms with Gasteiger partial charge in [0.15, 0.2) is 0 Å². The number of carbonyl (C=O) groups is 1. The number of nitrogens with zero attached hydrogens (tertiary/aromatic N) is 1. The van der Waals surface area contributed by atoms with Crippen LogP contribution < -0.4 is 5.32 Å². The largest absolute Gasteiger partial charge is 0.343 e. The molecule has 0 aliphatic carbocycles. The Morgan fingerprint density at radius 2 is 2.22 bits per heavy atom. The topological polar surface area (TPSA) is 32.3 Å². The molecular weight excluding hydrogens is 268 g/mol. The lowest BCUT2D eigenvalue weighted by atomic mass is 10.0. The fourth-order valence-electron chi connectivity index (χ4n) is 2.60. The van der Waals surface area contributed by atoms with Gasteiger partial charge in [0.1, 0.15) is 0 Å². The Kier molecular flexibility index (Phi) is 7.42. The first-order chi connectivity index (χ1) is 8.25. The minimum atomic E-state index is 0. The van der Waals surface area contributed by atoms with E-state index in [1.54, 1.807) is 0 Å². The fraction of sp³-hybridized carbons (Fsp3) is 0.923. The van der Waals surface area contributed by atoms with Crippen LogP contribution in [0.3, 0.4) is 0 Å². The number of halogens is 1. The molecule has 3 nitrogen and oxygen atoms in total. The third-order valence-corrected chi connectivity index (χ3v) is 4.92. The molecule has 1 N–H and O–H groups in total. The SMILES string of the molecule is CC1CCCN(C(=O)CC2CSCCN2)CC1.Cl. The van der Waals surface area contributed by atoms with Crippen LogP contribution in [0.15, 0.2) is 0 Å². The lowest BCUT2D eigenvalue weighted by Crippen LogP contribution is -2.42. The molecule has 5 heteroatoms. The molecule has 0 aromatic heterocycles. The summed E-state index contributed by atoms with van der Waals surface area (Å²) in [7, 11) is 0. The summed E-state index contributed by atoms with van der Waals surface area (Å²) in [5.74, 6) is 3.43. The summed E-state index contributed by atoms with van der Waals surface area (Å²) in [5.41, 5.74) is 0. The van der Waals surface area contributed by atoms with Gasteiger partial charge in [-0.2, -0.15) is 11.8 Å². The maximum Gasteiger partial charge on any atom is 0.224 e. The van der Waals surface area contributed by atoms with Gasteiger partial charge in [0.25, 0.3) is 0 Å². The van der Waals surface area contributed by atoms with Crippen molar-refractivity contribution in [1.29, 1.82) is 0 Å². The van der Waals surface area contributed by atoms with Gasteiger partial charge in [0.2, 0.25) is 5.91 Å². The normalized spacial score (nSPS) is 29.3. The Morgan fingerprint density at radius 1 is 1.39 bits per heavy atom. The van der Waals surface area contributed by atoms with Gasteiger partial charge in [-0.15, -0.1) is 12.4 Å². The van der Waals surface area contributed by atoms with Gasteiger partial charge in [0, 0.05) is 43.6 Å². The lowest BCUT2D eigenvalue weighted by molar-refractivity contribution is -0.131. The number of hydrogen-bond acceptors (Lipinski definition) is 3. The number of thioether (sulfide) groups is 1. The van der Waals surface area contributed by atoms with Crippen molar-refractivity contribution in [2.24, 2.45) is 5.92 Å².